The van der Waals surface area contributed by atoms with Crippen LogP contribution in [-0.2, 0) is 17.8 Å². The third kappa shape index (κ3) is 3.61. The first-order chi connectivity index (χ1) is 12.2. The molecule has 126 valence electrons. The highest BCUT2D eigenvalue weighted by molar-refractivity contribution is 7.99. The molecule has 0 saturated carbocycles. The van der Waals surface area contributed by atoms with Crippen molar-refractivity contribution < 1.29 is 4.79 Å². The van der Waals surface area contributed by atoms with E-state index in [0.29, 0.717) is 6.42 Å². The molecule has 1 aliphatic heterocycles. The van der Waals surface area contributed by atoms with E-state index in [4.69, 9.17) is 0 Å². The number of nitrogens with zero attached hydrogens (tertiary/aromatic N) is 2. The van der Waals surface area contributed by atoms with Gasteiger partial charge in [-0.15, -0.1) is 0 Å². The molecule has 0 unspecified atom stereocenters. The average Bonchev–Trinajstić information content (AvgIpc) is 3.16. The van der Waals surface area contributed by atoms with E-state index in [1.807, 2.05) is 55.5 Å². The molecule has 1 amide bonds. The Balaban J connectivity index is 1.48. The minimum absolute atomic E-state index is 0.00867. The second-order valence-electron chi connectivity index (χ2n) is 6.25. The summed E-state index contributed by atoms with van der Waals surface area (Å²) < 4.78 is 2.18. The van der Waals surface area contributed by atoms with E-state index in [9.17, 15) is 4.79 Å². The predicted octanol–water partition coefficient (Wildman–Crippen LogP) is 4.15. The van der Waals surface area contributed by atoms with Crippen LogP contribution in [0.15, 0.2) is 59.9 Å². The number of carbonyl (C=O) groups excluding carboxylic acids is 1. The molecule has 1 N–H and O–H groups in total. The quantitative estimate of drug-likeness (QED) is 0.770. The Morgan fingerprint density at radius 2 is 2.12 bits per heavy atom. The van der Waals surface area contributed by atoms with Gasteiger partial charge < -0.3 is 9.88 Å². The van der Waals surface area contributed by atoms with Crippen molar-refractivity contribution in [3.63, 3.8) is 0 Å². The first-order valence-electron chi connectivity index (χ1n) is 8.33. The summed E-state index contributed by atoms with van der Waals surface area (Å²) in [6.07, 6.45) is 2.46. The number of hydrogen-bond donors (Lipinski definition) is 1. The summed E-state index contributed by atoms with van der Waals surface area (Å²) in [5, 5.41) is 4.06. The molecule has 0 fully saturated rings. The standard InChI is InChI=1S/C20H19N3OS/c1-14-4-2-5-15(10-14)11-19(24)21-17-7-3-6-16(12-17)18-13-23-8-9-25-20(23)22-18/h2-7,10,12-13H,8-9,11H2,1H3,(H,21,24). The normalized spacial score (nSPS) is 12.8. The van der Waals surface area contributed by atoms with Crippen LogP contribution in [-0.4, -0.2) is 21.2 Å². The Kier molecular flexibility index (Phi) is 4.32. The number of hydrogen-bond acceptors (Lipinski definition) is 3. The maximum Gasteiger partial charge on any atom is 0.228 e. The summed E-state index contributed by atoms with van der Waals surface area (Å²) in [5.74, 6) is 1.09. The van der Waals surface area contributed by atoms with Crippen LogP contribution in [0.5, 0.6) is 0 Å². The lowest BCUT2D eigenvalue weighted by atomic mass is 10.1. The van der Waals surface area contributed by atoms with Gasteiger partial charge in [0.1, 0.15) is 0 Å². The number of fused-ring (bicyclic) bond motifs is 1. The smallest absolute Gasteiger partial charge is 0.228 e. The topological polar surface area (TPSA) is 46.9 Å². The lowest BCUT2D eigenvalue weighted by molar-refractivity contribution is -0.115. The molecule has 2 heterocycles. The third-order valence-corrected chi connectivity index (χ3v) is 5.16. The zero-order valence-electron chi connectivity index (χ0n) is 14.0. The molecule has 1 aromatic heterocycles. The zero-order chi connectivity index (χ0) is 17.2. The van der Waals surface area contributed by atoms with Gasteiger partial charge in [-0.05, 0) is 24.6 Å². The van der Waals surface area contributed by atoms with Gasteiger partial charge in [0.15, 0.2) is 5.16 Å². The molecule has 4 nitrogen and oxygen atoms in total. The molecule has 2 aromatic carbocycles. The summed E-state index contributed by atoms with van der Waals surface area (Å²) in [7, 11) is 0. The van der Waals surface area contributed by atoms with E-state index in [1.54, 1.807) is 11.8 Å². The van der Waals surface area contributed by atoms with E-state index in [1.165, 1.54) is 0 Å². The Morgan fingerprint density at radius 1 is 1.24 bits per heavy atom. The number of aryl methyl sites for hydroxylation is 2. The predicted molar refractivity (Wildman–Crippen MR) is 102 cm³/mol. The van der Waals surface area contributed by atoms with Crippen LogP contribution in [0, 0.1) is 6.92 Å². The van der Waals surface area contributed by atoms with Gasteiger partial charge in [-0.2, -0.15) is 0 Å². The minimum atomic E-state index is -0.00867. The number of amides is 1. The molecule has 4 rings (SSSR count). The number of imidazole rings is 1. The fourth-order valence-electron chi connectivity index (χ4n) is 3.02. The van der Waals surface area contributed by atoms with Gasteiger partial charge in [0.25, 0.3) is 0 Å². The van der Waals surface area contributed by atoms with Gasteiger partial charge in [0.05, 0.1) is 12.1 Å². The summed E-state index contributed by atoms with van der Waals surface area (Å²) in [4.78, 5) is 17.0. The summed E-state index contributed by atoms with van der Waals surface area (Å²) >= 11 is 1.78. The van der Waals surface area contributed by atoms with Crippen molar-refractivity contribution in [2.75, 3.05) is 11.1 Å². The lowest BCUT2D eigenvalue weighted by Crippen LogP contribution is -2.14. The molecule has 0 aliphatic carbocycles. The van der Waals surface area contributed by atoms with E-state index in [-0.39, 0.29) is 5.91 Å². The van der Waals surface area contributed by atoms with Gasteiger partial charge in [-0.25, -0.2) is 4.98 Å². The van der Waals surface area contributed by atoms with Crippen molar-refractivity contribution in [3.8, 4) is 11.3 Å². The first-order valence-corrected chi connectivity index (χ1v) is 9.32. The van der Waals surface area contributed by atoms with Gasteiger partial charge in [-0.1, -0.05) is 53.7 Å². The monoisotopic (exact) mass is 349 g/mol. The van der Waals surface area contributed by atoms with Crippen molar-refractivity contribution in [3.05, 3.63) is 65.9 Å². The third-order valence-electron chi connectivity index (χ3n) is 4.19. The minimum Gasteiger partial charge on any atom is -0.326 e. The first kappa shape index (κ1) is 16.0. The van der Waals surface area contributed by atoms with Crippen molar-refractivity contribution in [2.45, 2.75) is 25.0 Å². The van der Waals surface area contributed by atoms with E-state index in [0.717, 1.165) is 45.5 Å². The molecule has 3 aromatic rings. The molecular weight excluding hydrogens is 330 g/mol. The molecule has 0 bridgehead atoms. The Labute approximate surface area is 151 Å². The van der Waals surface area contributed by atoms with Crippen LogP contribution in [0.1, 0.15) is 11.1 Å². The number of aromatic nitrogens is 2. The van der Waals surface area contributed by atoms with Crippen LogP contribution in [0.2, 0.25) is 0 Å². The Morgan fingerprint density at radius 3 is 2.96 bits per heavy atom. The molecular formula is C20H19N3OS. The SMILES string of the molecule is Cc1cccc(CC(=O)Nc2cccc(-c3cn4c(n3)SCC4)c2)c1. The van der Waals surface area contributed by atoms with Gasteiger partial charge >= 0.3 is 0 Å². The number of anilines is 1. The van der Waals surface area contributed by atoms with Crippen LogP contribution < -0.4 is 5.32 Å². The molecule has 0 atom stereocenters. The zero-order valence-corrected chi connectivity index (χ0v) is 14.8. The summed E-state index contributed by atoms with van der Waals surface area (Å²) in [6, 6.07) is 15.9. The van der Waals surface area contributed by atoms with Gasteiger partial charge in [0.2, 0.25) is 5.91 Å². The van der Waals surface area contributed by atoms with Crippen LogP contribution >= 0.6 is 11.8 Å². The van der Waals surface area contributed by atoms with Gasteiger partial charge in [0, 0.05) is 29.7 Å². The number of rotatable bonds is 4. The summed E-state index contributed by atoms with van der Waals surface area (Å²) in [5.41, 5.74) is 4.97. The summed E-state index contributed by atoms with van der Waals surface area (Å²) in [6.45, 7) is 3.05. The van der Waals surface area contributed by atoms with Crippen LogP contribution in [0.4, 0.5) is 5.69 Å². The highest BCUT2D eigenvalue weighted by Crippen LogP contribution is 2.29. The number of benzene rings is 2. The fraction of sp³-hybridized carbons (Fsp3) is 0.200. The number of thioether (sulfide) groups is 1. The second kappa shape index (κ2) is 6.76. The Hall–Kier alpha value is -2.53. The van der Waals surface area contributed by atoms with E-state index in [2.05, 4.69) is 21.1 Å². The molecule has 1 aliphatic rings. The highest BCUT2D eigenvalue weighted by atomic mass is 32.2. The highest BCUT2D eigenvalue weighted by Gasteiger charge is 2.15. The fourth-order valence-corrected chi connectivity index (χ4v) is 3.96. The maximum absolute atomic E-state index is 12.3. The van der Waals surface area contributed by atoms with Crippen molar-refractivity contribution in [2.24, 2.45) is 0 Å². The molecule has 0 radical (unpaired) electrons. The molecule has 0 spiro atoms. The second-order valence-corrected chi connectivity index (χ2v) is 7.31. The molecule has 5 heteroatoms. The van der Waals surface area contributed by atoms with Crippen LogP contribution in [0.25, 0.3) is 11.3 Å². The Bertz CT molecular complexity index is 911. The van der Waals surface area contributed by atoms with Crippen molar-refractivity contribution >= 4 is 23.4 Å². The average molecular weight is 349 g/mol. The van der Waals surface area contributed by atoms with E-state index < -0.39 is 0 Å². The maximum atomic E-state index is 12.3. The lowest BCUT2D eigenvalue weighted by Gasteiger charge is -2.07. The molecule has 25 heavy (non-hydrogen) atoms. The number of carbonyl (C=O) groups is 1. The van der Waals surface area contributed by atoms with Gasteiger partial charge in [-0.3, -0.25) is 4.79 Å². The van der Waals surface area contributed by atoms with Crippen LogP contribution in [0.3, 0.4) is 0 Å². The van der Waals surface area contributed by atoms with Crippen molar-refractivity contribution in [1.82, 2.24) is 9.55 Å². The molecule has 0 saturated heterocycles. The number of nitrogens with one attached hydrogen (secondary N) is 1. The van der Waals surface area contributed by atoms with E-state index >= 15 is 0 Å². The van der Waals surface area contributed by atoms with Crippen molar-refractivity contribution in [1.29, 1.82) is 0 Å². The largest absolute Gasteiger partial charge is 0.326 e.